The fourth-order valence-corrected chi connectivity index (χ4v) is 1.40. The highest BCUT2D eigenvalue weighted by atomic mass is 19.1. The van der Waals surface area contributed by atoms with Crippen molar-refractivity contribution >= 4 is 17.2 Å². The van der Waals surface area contributed by atoms with E-state index in [9.17, 15) is 4.39 Å². The summed E-state index contributed by atoms with van der Waals surface area (Å²) in [7, 11) is 0. The molecule has 0 unspecified atom stereocenters. The van der Waals surface area contributed by atoms with Crippen LogP contribution in [-0.2, 0) is 0 Å². The number of halogens is 1. The van der Waals surface area contributed by atoms with Gasteiger partial charge in [0.15, 0.2) is 0 Å². The Hall–Kier alpha value is -2.10. The fourth-order valence-electron chi connectivity index (χ4n) is 1.40. The molecule has 1 heterocycles. The van der Waals surface area contributed by atoms with Gasteiger partial charge in [0, 0.05) is 0 Å². The van der Waals surface area contributed by atoms with Gasteiger partial charge in [-0.25, -0.2) is 9.37 Å². The first-order valence-corrected chi connectivity index (χ1v) is 4.90. The Labute approximate surface area is 93.1 Å². The van der Waals surface area contributed by atoms with Crippen LogP contribution in [-0.4, -0.2) is 4.98 Å². The van der Waals surface area contributed by atoms with Gasteiger partial charge in [-0.2, -0.15) is 0 Å². The minimum Gasteiger partial charge on any atom is -0.397 e. The number of pyridine rings is 1. The third-order valence-electron chi connectivity index (χ3n) is 2.26. The lowest BCUT2D eigenvalue weighted by atomic mass is 10.2. The lowest BCUT2D eigenvalue weighted by Gasteiger charge is -2.09. The van der Waals surface area contributed by atoms with Crippen molar-refractivity contribution in [1.29, 1.82) is 0 Å². The highest BCUT2D eigenvalue weighted by Crippen LogP contribution is 2.22. The van der Waals surface area contributed by atoms with E-state index in [1.165, 1.54) is 12.3 Å². The molecule has 0 atom stereocenters. The van der Waals surface area contributed by atoms with Crippen LogP contribution in [0.4, 0.5) is 21.6 Å². The topological polar surface area (TPSA) is 50.9 Å². The maximum atomic E-state index is 13.5. The molecule has 4 heteroatoms. The van der Waals surface area contributed by atoms with Crippen LogP contribution in [0.3, 0.4) is 0 Å². The number of nitrogen functional groups attached to an aromatic ring is 1. The number of hydrogen-bond donors (Lipinski definition) is 2. The van der Waals surface area contributed by atoms with Crippen molar-refractivity contribution in [3.63, 3.8) is 0 Å². The first-order valence-electron chi connectivity index (χ1n) is 4.90. The van der Waals surface area contributed by atoms with Crippen LogP contribution in [0.5, 0.6) is 0 Å². The second kappa shape index (κ2) is 4.18. The van der Waals surface area contributed by atoms with Crippen LogP contribution in [0.1, 0.15) is 5.56 Å². The zero-order chi connectivity index (χ0) is 11.5. The number of aryl methyl sites for hydroxylation is 1. The van der Waals surface area contributed by atoms with Crippen LogP contribution in [0.15, 0.2) is 36.5 Å². The van der Waals surface area contributed by atoms with Crippen LogP contribution in [0, 0.1) is 12.7 Å². The van der Waals surface area contributed by atoms with Gasteiger partial charge in [-0.1, -0.05) is 12.1 Å². The Morgan fingerprint density at radius 1 is 1.25 bits per heavy atom. The number of para-hydroxylation sites is 1. The van der Waals surface area contributed by atoms with E-state index in [2.05, 4.69) is 10.3 Å². The molecular weight excluding hydrogens is 205 g/mol. The van der Waals surface area contributed by atoms with Crippen molar-refractivity contribution in [1.82, 2.24) is 4.98 Å². The average Bonchev–Trinajstić information content (AvgIpc) is 2.26. The Balaban J connectivity index is 2.30. The van der Waals surface area contributed by atoms with Gasteiger partial charge in [0.25, 0.3) is 0 Å². The van der Waals surface area contributed by atoms with E-state index in [-0.39, 0.29) is 5.82 Å². The number of nitrogens with two attached hydrogens (primary N) is 1. The number of nitrogens with one attached hydrogen (secondary N) is 1. The van der Waals surface area contributed by atoms with Gasteiger partial charge in [0.05, 0.1) is 17.6 Å². The Morgan fingerprint density at radius 3 is 2.69 bits per heavy atom. The second-order valence-electron chi connectivity index (χ2n) is 3.53. The summed E-state index contributed by atoms with van der Waals surface area (Å²) < 4.78 is 13.5. The van der Waals surface area contributed by atoms with Crippen LogP contribution >= 0.6 is 0 Å². The molecule has 3 N–H and O–H groups in total. The molecule has 0 aliphatic heterocycles. The maximum absolute atomic E-state index is 13.5. The van der Waals surface area contributed by atoms with E-state index in [0.717, 1.165) is 5.56 Å². The summed E-state index contributed by atoms with van der Waals surface area (Å²) in [5.74, 6) is 0.279. The Morgan fingerprint density at radius 2 is 2.06 bits per heavy atom. The standard InChI is InChI=1S/C12H12FN3/c1-8-3-2-4-10(13)12(8)16-11-6-5-9(14)7-15-11/h2-7H,14H2,1H3,(H,15,16). The summed E-state index contributed by atoms with van der Waals surface area (Å²) >= 11 is 0. The number of rotatable bonds is 2. The van der Waals surface area contributed by atoms with Gasteiger partial charge in [0.2, 0.25) is 0 Å². The summed E-state index contributed by atoms with van der Waals surface area (Å²) in [6, 6.07) is 8.34. The van der Waals surface area contributed by atoms with Crippen LogP contribution in [0.25, 0.3) is 0 Å². The SMILES string of the molecule is Cc1cccc(F)c1Nc1ccc(N)cn1. The van der Waals surface area contributed by atoms with Crippen molar-refractivity contribution < 1.29 is 4.39 Å². The average molecular weight is 217 g/mol. The van der Waals surface area contributed by atoms with Gasteiger partial charge >= 0.3 is 0 Å². The fraction of sp³-hybridized carbons (Fsp3) is 0.0833. The van der Waals surface area contributed by atoms with E-state index in [4.69, 9.17) is 5.73 Å². The lowest BCUT2D eigenvalue weighted by molar-refractivity contribution is 0.631. The quantitative estimate of drug-likeness (QED) is 0.813. The van der Waals surface area contributed by atoms with E-state index in [1.54, 1.807) is 18.2 Å². The molecule has 82 valence electrons. The highest BCUT2D eigenvalue weighted by molar-refractivity contribution is 5.61. The Bertz CT molecular complexity index is 474. The van der Waals surface area contributed by atoms with Crippen molar-refractivity contribution in [2.75, 3.05) is 11.1 Å². The van der Waals surface area contributed by atoms with Crippen LogP contribution in [0.2, 0.25) is 0 Å². The second-order valence-corrected chi connectivity index (χ2v) is 3.53. The number of aromatic nitrogens is 1. The van der Waals surface area contributed by atoms with E-state index in [0.29, 0.717) is 17.2 Å². The molecule has 0 fully saturated rings. The molecule has 0 bridgehead atoms. The highest BCUT2D eigenvalue weighted by Gasteiger charge is 2.05. The zero-order valence-corrected chi connectivity index (χ0v) is 8.87. The molecule has 0 radical (unpaired) electrons. The van der Waals surface area contributed by atoms with Crippen molar-refractivity contribution in [3.05, 3.63) is 47.9 Å². The molecule has 0 spiro atoms. The number of benzene rings is 1. The Kier molecular flexibility index (Phi) is 2.72. The molecule has 0 amide bonds. The number of nitrogens with zero attached hydrogens (tertiary/aromatic N) is 1. The van der Waals surface area contributed by atoms with Gasteiger partial charge in [-0.3, -0.25) is 0 Å². The molecule has 0 aliphatic carbocycles. The zero-order valence-electron chi connectivity index (χ0n) is 8.87. The van der Waals surface area contributed by atoms with Gasteiger partial charge in [-0.05, 0) is 30.7 Å². The van der Waals surface area contributed by atoms with Crippen LogP contribution < -0.4 is 11.1 Å². The number of hydrogen-bond acceptors (Lipinski definition) is 3. The minimum atomic E-state index is -0.293. The van der Waals surface area contributed by atoms with Crippen molar-refractivity contribution in [2.45, 2.75) is 6.92 Å². The molecule has 2 rings (SSSR count). The normalized spacial score (nSPS) is 10.1. The molecule has 0 saturated heterocycles. The molecule has 3 nitrogen and oxygen atoms in total. The smallest absolute Gasteiger partial charge is 0.146 e. The van der Waals surface area contributed by atoms with Gasteiger partial charge < -0.3 is 11.1 Å². The van der Waals surface area contributed by atoms with Crippen molar-refractivity contribution in [2.24, 2.45) is 0 Å². The summed E-state index contributed by atoms with van der Waals surface area (Å²) in [5, 5.41) is 2.93. The summed E-state index contributed by atoms with van der Waals surface area (Å²) in [6.45, 7) is 1.84. The third kappa shape index (κ3) is 2.11. The lowest BCUT2D eigenvalue weighted by Crippen LogP contribution is -1.98. The number of anilines is 3. The third-order valence-corrected chi connectivity index (χ3v) is 2.26. The summed E-state index contributed by atoms with van der Waals surface area (Å²) in [6.07, 6.45) is 1.53. The molecule has 16 heavy (non-hydrogen) atoms. The van der Waals surface area contributed by atoms with E-state index in [1.807, 2.05) is 13.0 Å². The van der Waals surface area contributed by atoms with E-state index >= 15 is 0 Å². The maximum Gasteiger partial charge on any atom is 0.146 e. The van der Waals surface area contributed by atoms with Crippen molar-refractivity contribution in [3.8, 4) is 0 Å². The first-order chi connectivity index (χ1) is 7.66. The van der Waals surface area contributed by atoms with Gasteiger partial charge in [0.1, 0.15) is 11.6 Å². The molecule has 0 aliphatic rings. The summed E-state index contributed by atoms with van der Waals surface area (Å²) in [5.41, 5.74) is 7.37. The minimum absolute atomic E-state index is 0.293. The largest absolute Gasteiger partial charge is 0.397 e. The predicted molar refractivity (Wildman–Crippen MR) is 63.1 cm³/mol. The molecular formula is C12H12FN3. The molecule has 1 aromatic heterocycles. The molecule has 1 aromatic carbocycles. The first kappa shape index (κ1) is 10.4. The monoisotopic (exact) mass is 217 g/mol. The molecule has 2 aromatic rings. The van der Waals surface area contributed by atoms with E-state index < -0.39 is 0 Å². The molecule has 0 saturated carbocycles. The van der Waals surface area contributed by atoms with Gasteiger partial charge in [-0.15, -0.1) is 0 Å². The summed E-state index contributed by atoms with van der Waals surface area (Å²) in [4.78, 5) is 4.05. The predicted octanol–water partition coefficient (Wildman–Crippen LogP) is 2.85.